The lowest BCUT2D eigenvalue weighted by atomic mass is 9.67. The quantitative estimate of drug-likeness (QED) is 0.125. The van der Waals surface area contributed by atoms with Crippen LogP contribution in [0.5, 0.6) is 0 Å². The van der Waals surface area contributed by atoms with Crippen molar-refractivity contribution >= 4 is 17.1 Å². The number of fused-ring (bicyclic) bond motifs is 6. The second-order valence-corrected chi connectivity index (χ2v) is 21.2. The zero-order valence-electron chi connectivity index (χ0n) is 43.1. The highest BCUT2D eigenvalue weighted by Crippen LogP contribution is 2.60. The van der Waals surface area contributed by atoms with E-state index in [2.05, 4.69) is 306 Å². The molecule has 0 aromatic heterocycles. The van der Waals surface area contributed by atoms with Gasteiger partial charge in [-0.2, -0.15) is 0 Å². The monoisotopic (exact) mass is 961 g/mol. The molecule has 0 saturated heterocycles. The maximum atomic E-state index is 2.54. The highest BCUT2D eigenvalue weighted by atomic mass is 15.1. The standard InChI is InChI=1S/C74H59N/c1-50(2)52-33-37-60(38-34-52)73(58-25-13-7-14-26-58)69-31-19-17-29-65(69)67-43-41-62(48-71(67)73)75(64-46-56(54-21-9-5-10-22-54)45-57(47-64)55-23-11-6-12-24-55)63-42-44-68-66-30-18-20-32-70(66)74(72(68)49-63,59-27-15-8-16-28-59)61-39-35-53(36-40-61)51(3)4/h5-51H,1-4H3. The van der Waals surface area contributed by atoms with E-state index in [0.717, 1.165) is 28.2 Å². The van der Waals surface area contributed by atoms with Crippen LogP contribution in [0.3, 0.4) is 0 Å². The van der Waals surface area contributed by atoms with E-state index >= 15 is 0 Å². The summed E-state index contributed by atoms with van der Waals surface area (Å²) in [5, 5.41) is 0. The van der Waals surface area contributed by atoms with Gasteiger partial charge in [0.05, 0.1) is 10.8 Å². The third-order valence-corrected chi connectivity index (χ3v) is 16.4. The van der Waals surface area contributed by atoms with Crippen LogP contribution in [0.25, 0.3) is 44.5 Å². The summed E-state index contributed by atoms with van der Waals surface area (Å²) in [6, 6.07) is 103. The summed E-state index contributed by atoms with van der Waals surface area (Å²) in [6.45, 7) is 9.12. The molecule has 0 aliphatic heterocycles. The molecule has 360 valence electrons. The summed E-state index contributed by atoms with van der Waals surface area (Å²) in [4.78, 5) is 2.54. The first-order valence-corrected chi connectivity index (χ1v) is 26.7. The number of benzene rings is 11. The third-order valence-electron chi connectivity index (χ3n) is 16.4. The van der Waals surface area contributed by atoms with E-state index < -0.39 is 10.8 Å². The van der Waals surface area contributed by atoms with Gasteiger partial charge < -0.3 is 4.90 Å². The maximum Gasteiger partial charge on any atom is 0.0714 e. The molecule has 11 aromatic carbocycles. The van der Waals surface area contributed by atoms with Crippen LogP contribution < -0.4 is 4.90 Å². The van der Waals surface area contributed by atoms with E-state index in [4.69, 9.17) is 0 Å². The van der Waals surface area contributed by atoms with Crippen LogP contribution in [0.15, 0.2) is 273 Å². The van der Waals surface area contributed by atoms with E-state index in [9.17, 15) is 0 Å². The van der Waals surface area contributed by atoms with Crippen LogP contribution in [0, 0.1) is 0 Å². The highest BCUT2D eigenvalue weighted by Gasteiger charge is 2.48. The molecule has 0 radical (unpaired) electrons. The Bertz CT molecular complexity index is 3600. The van der Waals surface area contributed by atoms with Gasteiger partial charge >= 0.3 is 0 Å². The topological polar surface area (TPSA) is 3.24 Å². The van der Waals surface area contributed by atoms with E-state index in [1.807, 2.05) is 0 Å². The molecule has 2 aliphatic rings. The molecular formula is C74H59N. The average molecular weight is 962 g/mol. The largest absolute Gasteiger partial charge is 0.310 e. The molecule has 0 N–H and O–H groups in total. The average Bonchev–Trinajstić information content (AvgIpc) is 4.02. The Balaban J connectivity index is 1.12. The van der Waals surface area contributed by atoms with Gasteiger partial charge in [-0.05, 0) is 154 Å². The molecule has 0 spiro atoms. The Morgan fingerprint density at radius 2 is 0.587 bits per heavy atom. The van der Waals surface area contributed by atoms with Gasteiger partial charge in [-0.3, -0.25) is 0 Å². The molecule has 0 bridgehead atoms. The lowest BCUT2D eigenvalue weighted by molar-refractivity contribution is 0.764. The summed E-state index contributed by atoms with van der Waals surface area (Å²) in [6.07, 6.45) is 0. The summed E-state index contributed by atoms with van der Waals surface area (Å²) < 4.78 is 0. The van der Waals surface area contributed by atoms with Crippen molar-refractivity contribution in [1.82, 2.24) is 0 Å². The molecule has 0 amide bonds. The molecule has 11 aromatic rings. The Morgan fingerprint density at radius 1 is 0.253 bits per heavy atom. The van der Waals surface area contributed by atoms with Gasteiger partial charge in [0.1, 0.15) is 0 Å². The van der Waals surface area contributed by atoms with Gasteiger partial charge in [0, 0.05) is 17.1 Å². The summed E-state index contributed by atoms with van der Waals surface area (Å²) in [5.74, 6) is 0.838. The molecule has 2 unspecified atom stereocenters. The van der Waals surface area contributed by atoms with Gasteiger partial charge in [0.25, 0.3) is 0 Å². The number of rotatable bonds is 11. The van der Waals surface area contributed by atoms with Crippen molar-refractivity contribution in [3.05, 3.63) is 329 Å². The molecule has 2 aliphatic carbocycles. The maximum absolute atomic E-state index is 2.54. The van der Waals surface area contributed by atoms with Crippen LogP contribution in [0.4, 0.5) is 17.1 Å². The molecule has 0 saturated carbocycles. The van der Waals surface area contributed by atoms with Gasteiger partial charge in [-0.1, -0.05) is 258 Å². The van der Waals surface area contributed by atoms with E-state index in [0.29, 0.717) is 11.8 Å². The van der Waals surface area contributed by atoms with E-state index in [1.165, 1.54) is 89.0 Å². The van der Waals surface area contributed by atoms with Gasteiger partial charge in [-0.25, -0.2) is 0 Å². The van der Waals surface area contributed by atoms with Gasteiger partial charge in [0.2, 0.25) is 0 Å². The molecule has 75 heavy (non-hydrogen) atoms. The van der Waals surface area contributed by atoms with Gasteiger partial charge in [0.15, 0.2) is 0 Å². The van der Waals surface area contributed by atoms with Crippen molar-refractivity contribution in [2.24, 2.45) is 0 Å². The molecular weight excluding hydrogens is 903 g/mol. The van der Waals surface area contributed by atoms with Crippen molar-refractivity contribution in [1.29, 1.82) is 0 Å². The molecule has 1 nitrogen and oxygen atoms in total. The molecule has 13 rings (SSSR count). The van der Waals surface area contributed by atoms with Crippen molar-refractivity contribution in [2.75, 3.05) is 4.90 Å². The lowest BCUT2D eigenvalue weighted by Gasteiger charge is -2.36. The van der Waals surface area contributed by atoms with E-state index in [-0.39, 0.29) is 0 Å². The van der Waals surface area contributed by atoms with Crippen molar-refractivity contribution < 1.29 is 0 Å². The van der Waals surface area contributed by atoms with Gasteiger partial charge in [-0.15, -0.1) is 0 Å². The first kappa shape index (κ1) is 46.0. The Kier molecular flexibility index (Phi) is 11.4. The number of hydrogen-bond donors (Lipinski definition) is 0. The fraction of sp³-hybridized carbons (Fsp3) is 0.108. The first-order valence-electron chi connectivity index (χ1n) is 26.7. The fourth-order valence-corrected chi connectivity index (χ4v) is 12.8. The number of nitrogens with zero attached hydrogens (tertiary/aromatic N) is 1. The molecule has 2 atom stereocenters. The normalized spacial score (nSPS) is 16.1. The predicted octanol–water partition coefficient (Wildman–Crippen LogP) is 19.5. The minimum Gasteiger partial charge on any atom is -0.310 e. The minimum absolute atomic E-state index is 0.419. The number of hydrogen-bond acceptors (Lipinski definition) is 1. The van der Waals surface area contributed by atoms with Crippen LogP contribution in [0.1, 0.15) is 95.2 Å². The third kappa shape index (κ3) is 7.44. The van der Waals surface area contributed by atoms with Crippen LogP contribution in [-0.4, -0.2) is 0 Å². The summed E-state index contributed by atoms with van der Waals surface area (Å²) >= 11 is 0. The smallest absolute Gasteiger partial charge is 0.0714 e. The molecule has 0 heterocycles. The number of anilines is 3. The second-order valence-electron chi connectivity index (χ2n) is 21.2. The predicted molar refractivity (Wildman–Crippen MR) is 315 cm³/mol. The van der Waals surface area contributed by atoms with Crippen molar-refractivity contribution in [2.45, 2.75) is 50.4 Å². The van der Waals surface area contributed by atoms with Crippen molar-refractivity contribution in [3.63, 3.8) is 0 Å². The fourth-order valence-electron chi connectivity index (χ4n) is 12.8. The molecule has 0 fully saturated rings. The highest BCUT2D eigenvalue weighted by molar-refractivity contribution is 5.93. The Morgan fingerprint density at radius 3 is 0.973 bits per heavy atom. The summed E-state index contributed by atoms with van der Waals surface area (Å²) in [5.41, 5.74) is 24.6. The summed E-state index contributed by atoms with van der Waals surface area (Å²) in [7, 11) is 0. The Hall–Kier alpha value is -8.78. The SMILES string of the molecule is CC(C)c1ccc(C2(c3ccccc3)c3ccccc3-c3ccc(N(c4cc(-c5ccccc5)cc(-c5ccccc5)c4)c4ccc5c(c4)C(c4ccccc4)(c4ccc(C(C)C)cc4)c4ccccc4-5)cc32)cc1. The lowest BCUT2D eigenvalue weighted by Crippen LogP contribution is -2.29. The zero-order chi connectivity index (χ0) is 50.7. The Labute approximate surface area is 443 Å². The first-order chi connectivity index (χ1) is 36.8. The van der Waals surface area contributed by atoms with Crippen LogP contribution in [-0.2, 0) is 10.8 Å². The van der Waals surface area contributed by atoms with Crippen LogP contribution >= 0.6 is 0 Å². The van der Waals surface area contributed by atoms with E-state index in [1.54, 1.807) is 0 Å². The minimum atomic E-state index is -0.588. The van der Waals surface area contributed by atoms with Crippen molar-refractivity contribution in [3.8, 4) is 44.5 Å². The zero-order valence-corrected chi connectivity index (χ0v) is 43.1. The molecule has 1 heteroatoms. The second kappa shape index (κ2) is 18.6. The van der Waals surface area contributed by atoms with Crippen LogP contribution in [0.2, 0.25) is 0 Å².